The number of carbonyl (C=O) groups excluding carboxylic acids is 1. The van der Waals surface area contributed by atoms with Crippen LogP contribution in [0.3, 0.4) is 0 Å². The number of nitrogens with two attached hydrogens (primary N) is 2. The zero-order chi connectivity index (χ0) is 13.9. The topological polar surface area (TPSA) is 82.0 Å². The number of nitrogen functional groups attached to an aromatic ring is 1. The molecule has 0 radical (unpaired) electrons. The first-order valence-electron chi connectivity index (χ1n) is 6.09. The summed E-state index contributed by atoms with van der Waals surface area (Å²) < 4.78 is 0. The monoisotopic (exact) mass is 255 g/mol. The zero-order valence-electron chi connectivity index (χ0n) is 10.8. The molecule has 0 saturated heterocycles. The third kappa shape index (κ3) is 2.80. The molecule has 2 rings (SSSR count). The number of anilines is 1. The number of pyridine rings is 1. The van der Waals surface area contributed by atoms with Crippen molar-refractivity contribution in [3.63, 3.8) is 0 Å². The first-order valence-corrected chi connectivity index (χ1v) is 6.09. The van der Waals surface area contributed by atoms with E-state index in [1.165, 1.54) is 0 Å². The van der Waals surface area contributed by atoms with Crippen LogP contribution >= 0.6 is 0 Å². The second-order valence-electron chi connectivity index (χ2n) is 4.72. The molecule has 4 N–H and O–H groups in total. The van der Waals surface area contributed by atoms with E-state index in [0.717, 1.165) is 5.56 Å². The van der Waals surface area contributed by atoms with E-state index in [9.17, 15) is 4.79 Å². The molecule has 0 aliphatic rings. The van der Waals surface area contributed by atoms with Crippen LogP contribution in [0.5, 0.6) is 0 Å². The maximum atomic E-state index is 12.4. The van der Waals surface area contributed by atoms with E-state index in [4.69, 9.17) is 11.5 Å². The van der Waals surface area contributed by atoms with Gasteiger partial charge in [-0.2, -0.15) is 0 Å². The van der Waals surface area contributed by atoms with E-state index >= 15 is 0 Å². The Labute approximate surface area is 112 Å². The Morgan fingerprint density at radius 3 is 2.53 bits per heavy atom. The van der Waals surface area contributed by atoms with Crippen LogP contribution in [-0.2, 0) is 16.8 Å². The van der Waals surface area contributed by atoms with Crippen LogP contribution in [0, 0.1) is 0 Å². The fourth-order valence-electron chi connectivity index (χ4n) is 1.90. The van der Waals surface area contributed by atoms with Crippen molar-refractivity contribution in [2.24, 2.45) is 5.73 Å². The molecule has 0 fully saturated rings. The molecule has 1 atom stereocenters. The number of ketones is 1. The summed E-state index contributed by atoms with van der Waals surface area (Å²) in [6.07, 6.45) is 1.78. The first kappa shape index (κ1) is 13.2. The van der Waals surface area contributed by atoms with Crippen molar-refractivity contribution in [2.75, 3.05) is 5.73 Å². The fraction of sp³-hybridized carbons (Fsp3) is 0.200. The summed E-state index contributed by atoms with van der Waals surface area (Å²) in [7, 11) is 0. The van der Waals surface area contributed by atoms with Crippen molar-refractivity contribution < 1.29 is 4.79 Å². The van der Waals surface area contributed by atoms with Gasteiger partial charge in [0.2, 0.25) is 0 Å². The predicted molar refractivity (Wildman–Crippen MR) is 75.3 cm³/mol. The van der Waals surface area contributed by atoms with Gasteiger partial charge in [-0.3, -0.25) is 4.79 Å². The maximum Gasteiger partial charge on any atom is 0.161 e. The minimum Gasteiger partial charge on any atom is -0.383 e. The number of rotatable bonds is 4. The molecule has 0 aliphatic carbocycles. The lowest BCUT2D eigenvalue weighted by Gasteiger charge is -2.23. The quantitative estimate of drug-likeness (QED) is 0.870. The largest absolute Gasteiger partial charge is 0.383 e. The molecule has 4 heteroatoms. The molecule has 1 aromatic carbocycles. The molecule has 0 aliphatic heterocycles. The predicted octanol–water partition coefficient (Wildman–Crippen LogP) is 1.65. The summed E-state index contributed by atoms with van der Waals surface area (Å²) in [4.78, 5) is 16.4. The Bertz CT molecular complexity index is 579. The number of Topliss-reactive ketones (excluding diaryl/α,β-unsaturated/α-hetero) is 1. The Morgan fingerprint density at radius 2 is 1.89 bits per heavy atom. The molecular formula is C15H17N3O. The van der Waals surface area contributed by atoms with E-state index in [2.05, 4.69) is 4.98 Å². The van der Waals surface area contributed by atoms with E-state index in [1.54, 1.807) is 25.3 Å². The van der Waals surface area contributed by atoms with Crippen molar-refractivity contribution in [3.8, 4) is 0 Å². The molecular weight excluding hydrogens is 238 g/mol. The van der Waals surface area contributed by atoms with Gasteiger partial charge in [0.05, 0.1) is 5.54 Å². The number of hydrogen-bond acceptors (Lipinski definition) is 4. The van der Waals surface area contributed by atoms with Gasteiger partial charge in [-0.05, 0) is 18.6 Å². The van der Waals surface area contributed by atoms with Gasteiger partial charge in [0.15, 0.2) is 5.78 Å². The molecule has 1 unspecified atom stereocenters. The normalized spacial score (nSPS) is 13.8. The summed E-state index contributed by atoms with van der Waals surface area (Å²) in [5.41, 5.74) is 12.4. The van der Waals surface area contributed by atoms with Gasteiger partial charge in [0, 0.05) is 18.2 Å². The molecule has 0 spiro atoms. The second-order valence-corrected chi connectivity index (χ2v) is 4.72. The average Bonchev–Trinajstić information content (AvgIpc) is 2.42. The minimum absolute atomic E-state index is 0.0848. The standard InChI is InChI=1S/C15H17N3O/c1-15(17,12-7-3-2-4-8-12)13(19)10-11-6-5-9-18-14(11)16/h2-9H,10,17H2,1H3,(H2,16,18). The molecule has 1 aromatic heterocycles. The Balaban J connectivity index is 2.23. The highest BCUT2D eigenvalue weighted by Gasteiger charge is 2.30. The van der Waals surface area contributed by atoms with Crippen LogP contribution in [0.1, 0.15) is 18.1 Å². The fourth-order valence-corrected chi connectivity index (χ4v) is 1.90. The molecule has 19 heavy (non-hydrogen) atoms. The average molecular weight is 255 g/mol. The van der Waals surface area contributed by atoms with Gasteiger partial charge < -0.3 is 11.5 Å². The highest BCUT2D eigenvalue weighted by atomic mass is 16.1. The molecule has 0 saturated carbocycles. The van der Waals surface area contributed by atoms with E-state index in [1.807, 2.05) is 30.3 Å². The summed E-state index contributed by atoms with van der Waals surface area (Å²) in [6, 6.07) is 12.9. The third-order valence-corrected chi connectivity index (χ3v) is 3.23. The van der Waals surface area contributed by atoms with Crippen LogP contribution < -0.4 is 11.5 Å². The van der Waals surface area contributed by atoms with Gasteiger partial charge in [0.1, 0.15) is 5.82 Å². The van der Waals surface area contributed by atoms with Crippen molar-refractivity contribution >= 4 is 11.6 Å². The highest BCUT2D eigenvalue weighted by molar-refractivity contribution is 5.91. The molecule has 2 aromatic rings. The van der Waals surface area contributed by atoms with Crippen LogP contribution in [0.15, 0.2) is 48.7 Å². The van der Waals surface area contributed by atoms with Crippen LogP contribution in [0.2, 0.25) is 0 Å². The summed E-state index contributed by atoms with van der Waals surface area (Å²) in [5.74, 6) is 0.290. The zero-order valence-corrected chi connectivity index (χ0v) is 10.8. The minimum atomic E-state index is -1.02. The van der Waals surface area contributed by atoms with Gasteiger partial charge in [-0.15, -0.1) is 0 Å². The van der Waals surface area contributed by atoms with Crippen LogP contribution in [0.4, 0.5) is 5.82 Å². The van der Waals surface area contributed by atoms with Gasteiger partial charge >= 0.3 is 0 Å². The summed E-state index contributed by atoms with van der Waals surface area (Å²) in [5, 5.41) is 0. The molecule has 1 heterocycles. The number of carbonyl (C=O) groups is 1. The Hall–Kier alpha value is -2.20. The van der Waals surface area contributed by atoms with E-state index < -0.39 is 5.54 Å². The van der Waals surface area contributed by atoms with Crippen molar-refractivity contribution in [3.05, 3.63) is 59.8 Å². The summed E-state index contributed by atoms with van der Waals surface area (Å²) in [6.45, 7) is 1.72. The SMILES string of the molecule is CC(N)(C(=O)Cc1cccnc1N)c1ccccc1. The van der Waals surface area contributed by atoms with Crippen LogP contribution in [0.25, 0.3) is 0 Å². The van der Waals surface area contributed by atoms with E-state index in [-0.39, 0.29) is 12.2 Å². The molecule has 98 valence electrons. The van der Waals surface area contributed by atoms with Crippen molar-refractivity contribution in [2.45, 2.75) is 18.9 Å². The Kier molecular flexibility index (Phi) is 3.62. The van der Waals surface area contributed by atoms with E-state index in [0.29, 0.717) is 11.4 Å². The number of nitrogens with zero attached hydrogens (tertiary/aromatic N) is 1. The molecule has 4 nitrogen and oxygen atoms in total. The first-order chi connectivity index (χ1) is 9.01. The maximum absolute atomic E-state index is 12.4. The lowest BCUT2D eigenvalue weighted by Crippen LogP contribution is -2.42. The smallest absolute Gasteiger partial charge is 0.161 e. The lowest BCUT2D eigenvalue weighted by atomic mass is 9.86. The number of aromatic nitrogens is 1. The lowest BCUT2D eigenvalue weighted by molar-refractivity contribution is -0.123. The van der Waals surface area contributed by atoms with Gasteiger partial charge in [-0.25, -0.2) is 4.98 Å². The Morgan fingerprint density at radius 1 is 1.21 bits per heavy atom. The van der Waals surface area contributed by atoms with Crippen LogP contribution in [-0.4, -0.2) is 10.8 Å². The van der Waals surface area contributed by atoms with Crippen molar-refractivity contribution in [1.82, 2.24) is 4.98 Å². The molecule has 0 bridgehead atoms. The second kappa shape index (κ2) is 5.20. The van der Waals surface area contributed by atoms with Crippen molar-refractivity contribution in [1.29, 1.82) is 0 Å². The van der Waals surface area contributed by atoms with Gasteiger partial charge in [-0.1, -0.05) is 36.4 Å². The third-order valence-electron chi connectivity index (χ3n) is 3.23. The number of hydrogen-bond donors (Lipinski definition) is 2. The van der Waals surface area contributed by atoms with Gasteiger partial charge in [0.25, 0.3) is 0 Å². The highest BCUT2D eigenvalue weighted by Crippen LogP contribution is 2.21. The molecule has 0 amide bonds. The summed E-state index contributed by atoms with van der Waals surface area (Å²) >= 11 is 0. The number of benzene rings is 1.